The molecule has 0 aliphatic carbocycles. The minimum absolute atomic E-state index is 0.711. The van der Waals surface area contributed by atoms with Crippen molar-refractivity contribution in [2.45, 2.75) is 6.92 Å². The summed E-state index contributed by atoms with van der Waals surface area (Å²) in [6.07, 6.45) is 10.9. The second-order valence-corrected chi connectivity index (χ2v) is 25.4. The molecule has 7 aromatic heterocycles. The van der Waals surface area contributed by atoms with Crippen molar-refractivity contribution in [1.29, 1.82) is 0 Å². The van der Waals surface area contributed by atoms with Crippen LogP contribution in [0.4, 0.5) is 17.1 Å². The van der Waals surface area contributed by atoms with Crippen LogP contribution >= 0.6 is 0 Å². The predicted molar refractivity (Wildman–Crippen MR) is 417 cm³/mol. The fraction of sp³-hybridized carbons (Fsp3) is 0.0109. The van der Waals surface area contributed by atoms with Gasteiger partial charge in [0.2, 0.25) is 0 Å². The molecule has 9 heteroatoms. The van der Waals surface area contributed by atoms with Crippen LogP contribution in [-0.2, 0) is 0 Å². The fourth-order valence-corrected chi connectivity index (χ4v) is 14.6. The molecule has 0 N–H and O–H groups in total. The normalized spacial score (nSPS) is 11.4. The Kier molecular flexibility index (Phi) is 15.3. The van der Waals surface area contributed by atoms with Gasteiger partial charge < -0.3 is 18.6 Å². The number of benzene rings is 12. The lowest BCUT2D eigenvalue weighted by Gasteiger charge is -2.26. The molecule has 0 saturated carbocycles. The largest absolute Gasteiger partial charge is 0.310 e. The first-order valence-corrected chi connectivity index (χ1v) is 34.0. The average Bonchev–Trinajstić information content (AvgIpc) is 1.66. The van der Waals surface area contributed by atoms with Crippen molar-refractivity contribution >= 4 is 82.5 Å². The third-order valence-corrected chi connectivity index (χ3v) is 19.3. The van der Waals surface area contributed by atoms with Crippen LogP contribution < -0.4 is 4.90 Å². The van der Waals surface area contributed by atoms with E-state index in [0.717, 1.165) is 101 Å². The summed E-state index contributed by atoms with van der Waals surface area (Å²) in [5.41, 5.74) is 26.5. The highest BCUT2D eigenvalue weighted by Gasteiger charge is 2.20. The van der Waals surface area contributed by atoms with E-state index in [9.17, 15) is 0 Å². The van der Waals surface area contributed by atoms with Gasteiger partial charge in [-0.05, 0) is 239 Å². The Labute approximate surface area is 584 Å². The van der Waals surface area contributed by atoms with Crippen LogP contribution in [0.1, 0.15) is 5.82 Å². The molecule has 7 heterocycles. The van der Waals surface area contributed by atoms with Crippen LogP contribution in [0.3, 0.4) is 0 Å². The topological polar surface area (TPSA) is 82.5 Å². The predicted octanol–water partition coefficient (Wildman–Crippen LogP) is 23.4. The smallest absolute Gasteiger partial charge is 0.126 e. The maximum Gasteiger partial charge on any atom is 0.126 e. The van der Waals surface area contributed by atoms with Gasteiger partial charge in [-0.3, -0.25) is 15.0 Å². The zero-order valence-corrected chi connectivity index (χ0v) is 55.2. The second-order valence-electron chi connectivity index (χ2n) is 25.4. The zero-order valence-electron chi connectivity index (χ0n) is 55.2. The molecule has 0 fully saturated rings. The molecule has 19 rings (SSSR count). The molecular weight excluding hydrogens is 1230 g/mol. The van der Waals surface area contributed by atoms with Crippen LogP contribution in [0.2, 0.25) is 0 Å². The molecular formula is C92H63N9. The Morgan fingerprint density at radius 3 is 0.733 bits per heavy atom. The molecule has 0 amide bonds. The third-order valence-electron chi connectivity index (χ3n) is 19.3. The summed E-state index contributed by atoms with van der Waals surface area (Å²) in [5, 5.41) is 7.56. The van der Waals surface area contributed by atoms with E-state index < -0.39 is 0 Å². The van der Waals surface area contributed by atoms with Crippen LogP contribution in [0.25, 0.3) is 150 Å². The summed E-state index contributed by atoms with van der Waals surface area (Å²) in [5.74, 6) is 0.711. The molecule has 476 valence electrons. The number of hydrogen-bond acceptors (Lipinski definition) is 6. The molecule has 9 nitrogen and oxygen atoms in total. The molecule has 0 spiro atoms. The van der Waals surface area contributed by atoms with E-state index in [0.29, 0.717) is 5.82 Å². The van der Waals surface area contributed by atoms with E-state index in [2.05, 4.69) is 319 Å². The van der Waals surface area contributed by atoms with E-state index in [-0.39, 0.29) is 0 Å². The number of aryl methyl sites for hydroxylation is 1. The lowest BCUT2D eigenvalue weighted by Crippen LogP contribution is -2.10. The van der Waals surface area contributed by atoms with Crippen molar-refractivity contribution in [3.8, 4) is 84.1 Å². The van der Waals surface area contributed by atoms with Crippen LogP contribution in [0.5, 0.6) is 0 Å². The minimum Gasteiger partial charge on any atom is -0.310 e. The molecule has 101 heavy (non-hydrogen) atoms. The Morgan fingerprint density at radius 1 is 0.218 bits per heavy atom. The summed E-state index contributed by atoms with van der Waals surface area (Å²) < 4.78 is 7.12. The SMILES string of the molecule is Cc1nc(-c2cc(-c3ccccc3)cc(-c3ccncc3)c2)cc(-c2cc(-c3ccncc3)cc(-c3ccncc3)c2)n1.c1ccc2c(c1)c1ccccc1n2-c1ccc(N(c2ccc(-n3c4ccccc4c4ccccc43)cc2)c2ccc(-n3c4ccccc4c4ccccc43)cc2)cc1. The molecule has 0 radical (unpaired) electrons. The van der Waals surface area contributed by atoms with E-state index >= 15 is 0 Å². The van der Waals surface area contributed by atoms with Crippen LogP contribution in [0.15, 0.2) is 365 Å². The van der Waals surface area contributed by atoms with Gasteiger partial charge in [-0.15, -0.1) is 0 Å². The number of fused-ring (bicyclic) bond motifs is 9. The Hall–Kier alpha value is -13.6. The number of para-hydroxylation sites is 6. The molecule has 0 aliphatic rings. The highest BCUT2D eigenvalue weighted by Crippen LogP contribution is 2.42. The van der Waals surface area contributed by atoms with Gasteiger partial charge in [0.25, 0.3) is 0 Å². The average molecular weight is 1290 g/mol. The zero-order chi connectivity index (χ0) is 67.2. The molecule has 0 saturated heterocycles. The summed E-state index contributed by atoms with van der Waals surface area (Å²) in [6, 6.07) is 117. The van der Waals surface area contributed by atoms with E-state index in [1.165, 1.54) is 65.4 Å². The van der Waals surface area contributed by atoms with Crippen molar-refractivity contribution < 1.29 is 0 Å². The molecule has 0 bridgehead atoms. The second kappa shape index (κ2) is 25.7. The fourth-order valence-electron chi connectivity index (χ4n) is 14.6. The number of hydrogen-bond donors (Lipinski definition) is 0. The maximum atomic E-state index is 4.92. The number of anilines is 3. The monoisotopic (exact) mass is 1290 g/mol. The molecule has 0 unspecified atom stereocenters. The van der Waals surface area contributed by atoms with Crippen LogP contribution in [-0.4, -0.2) is 38.6 Å². The maximum absolute atomic E-state index is 4.92. The Balaban J connectivity index is 0.000000152. The molecule has 19 aromatic rings. The van der Waals surface area contributed by atoms with Crippen molar-refractivity contribution in [2.75, 3.05) is 4.90 Å². The Morgan fingerprint density at radius 2 is 0.455 bits per heavy atom. The number of nitrogens with zero attached hydrogens (tertiary/aromatic N) is 9. The summed E-state index contributed by atoms with van der Waals surface area (Å²) in [6.45, 7) is 1.95. The van der Waals surface area contributed by atoms with Crippen molar-refractivity contribution in [2.24, 2.45) is 0 Å². The van der Waals surface area contributed by atoms with Crippen molar-refractivity contribution in [3.05, 3.63) is 371 Å². The van der Waals surface area contributed by atoms with Crippen LogP contribution in [0, 0.1) is 6.92 Å². The van der Waals surface area contributed by atoms with E-state index in [4.69, 9.17) is 9.97 Å². The first-order chi connectivity index (χ1) is 50.0. The lowest BCUT2D eigenvalue weighted by atomic mass is 9.94. The van der Waals surface area contributed by atoms with Gasteiger partial charge in [-0.1, -0.05) is 140 Å². The van der Waals surface area contributed by atoms with Gasteiger partial charge in [0, 0.05) is 115 Å². The van der Waals surface area contributed by atoms with Gasteiger partial charge in [0.05, 0.1) is 44.5 Å². The quantitative estimate of drug-likeness (QED) is 0.121. The van der Waals surface area contributed by atoms with Gasteiger partial charge in [-0.25, -0.2) is 9.97 Å². The first-order valence-electron chi connectivity index (χ1n) is 34.0. The first kappa shape index (κ1) is 59.8. The highest BCUT2D eigenvalue weighted by atomic mass is 15.1. The number of aromatic nitrogens is 8. The summed E-state index contributed by atoms with van der Waals surface area (Å²) in [4.78, 5) is 24.8. The molecule has 0 aliphatic heterocycles. The lowest BCUT2D eigenvalue weighted by molar-refractivity contribution is 1.06. The number of rotatable bonds is 12. The van der Waals surface area contributed by atoms with Crippen molar-refractivity contribution in [1.82, 2.24) is 38.6 Å². The van der Waals surface area contributed by atoms with Gasteiger partial charge in [-0.2, -0.15) is 0 Å². The molecule has 0 atom stereocenters. The molecule has 12 aromatic carbocycles. The Bertz CT molecular complexity index is 5450. The summed E-state index contributed by atoms with van der Waals surface area (Å²) in [7, 11) is 0. The summed E-state index contributed by atoms with van der Waals surface area (Å²) >= 11 is 0. The highest BCUT2D eigenvalue weighted by molar-refractivity contribution is 6.11. The number of pyridine rings is 3. The van der Waals surface area contributed by atoms with E-state index in [1.807, 2.05) is 86.6 Å². The minimum atomic E-state index is 0.711. The van der Waals surface area contributed by atoms with Crippen molar-refractivity contribution in [3.63, 3.8) is 0 Å². The standard InChI is InChI=1S/C54H36N4.C38H27N5/c1-7-19-49-43(13-1)44-14-2-8-20-50(44)56(49)40-31-25-37(26-32-40)55(38-27-33-41(34-28-38)57-51-21-9-3-15-45(51)46-16-4-10-22-52(46)57)39-29-35-42(36-30-39)58-53-23-11-5-17-47(53)48-18-6-12-24-54(48)58;1-26-42-37(35-21-31(27-5-3-2-4-6-27)19-32(22-35)28-7-13-39-14-8-28)25-38(43-26)36-23-33(29-9-15-40-16-10-29)20-34(24-36)30-11-17-41-18-12-30/h1-36H;2-25H,1H3. The van der Waals surface area contributed by atoms with E-state index in [1.54, 1.807) is 0 Å². The van der Waals surface area contributed by atoms with Gasteiger partial charge in [0.1, 0.15) is 5.82 Å². The third kappa shape index (κ3) is 11.2. The van der Waals surface area contributed by atoms with Gasteiger partial charge >= 0.3 is 0 Å². The van der Waals surface area contributed by atoms with Gasteiger partial charge in [0.15, 0.2) is 0 Å².